The lowest BCUT2D eigenvalue weighted by molar-refractivity contribution is -0.167. The highest BCUT2D eigenvalue weighted by molar-refractivity contribution is 5.71. The highest BCUT2D eigenvalue weighted by Crippen LogP contribution is 2.17. The highest BCUT2D eigenvalue weighted by Gasteiger charge is 2.19. The SMILES string of the molecule is CCCCC/C=C\C/C=C\CCCCCCCCCCCC(=O)OCC(COC(=O)CCCCCCC/C=C\CCCCCCCCC)OC(=O)CCCCCCCCCCCCCCCCCCCC. The minimum Gasteiger partial charge on any atom is -0.462 e. The van der Waals surface area contributed by atoms with Gasteiger partial charge in [-0.1, -0.05) is 282 Å². The van der Waals surface area contributed by atoms with Crippen LogP contribution in [0.25, 0.3) is 0 Å². The summed E-state index contributed by atoms with van der Waals surface area (Å²) in [5.41, 5.74) is 0. The number of ether oxygens (including phenoxy) is 3. The van der Waals surface area contributed by atoms with Gasteiger partial charge < -0.3 is 14.2 Å². The Morgan fingerprint density at radius 3 is 0.817 bits per heavy atom. The Balaban J connectivity index is 4.34. The number of carbonyl (C=O) groups excluding carboxylic acids is 3. The van der Waals surface area contributed by atoms with Crippen LogP contribution in [0.15, 0.2) is 36.5 Å². The van der Waals surface area contributed by atoms with Crippen molar-refractivity contribution in [3.8, 4) is 0 Å². The zero-order chi connectivity index (χ0) is 51.4. The van der Waals surface area contributed by atoms with Gasteiger partial charge in [0.15, 0.2) is 6.10 Å². The maximum absolute atomic E-state index is 12.9. The Bertz CT molecular complexity index is 1190. The molecule has 6 heteroatoms. The molecule has 1 atom stereocenters. The van der Waals surface area contributed by atoms with Gasteiger partial charge in [-0.05, 0) is 77.0 Å². The predicted octanol–water partition coefficient (Wildman–Crippen LogP) is 21.2. The van der Waals surface area contributed by atoms with Crippen molar-refractivity contribution in [3.05, 3.63) is 36.5 Å². The van der Waals surface area contributed by atoms with Crippen molar-refractivity contribution in [2.45, 2.75) is 348 Å². The molecule has 0 heterocycles. The van der Waals surface area contributed by atoms with Crippen LogP contribution in [0.2, 0.25) is 0 Å². The van der Waals surface area contributed by atoms with E-state index in [1.807, 2.05) is 0 Å². The molecule has 71 heavy (non-hydrogen) atoms. The average Bonchev–Trinajstić information content (AvgIpc) is 3.37. The standard InChI is InChI=1S/C65H120O6/c1-4-7-10-13-16-19-22-25-28-31-33-35-37-40-43-46-49-52-55-58-64(67)70-61-62(60-69-63(66)57-54-51-48-45-42-39-36-30-27-24-21-18-15-12-9-6-3)71-65(68)59-56-53-50-47-44-41-38-34-32-29-26-23-20-17-14-11-8-5-2/h16,19,25,28,30,36,62H,4-15,17-18,20-24,26-27,29,31-35,37-61H2,1-3H3/b19-16-,28-25-,36-30-. The van der Waals surface area contributed by atoms with Crippen LogP contribution in [0.3, 0.4) is 0 Å². The van der Waals surface area contributed by atoms with Gasteiger partial charge in [-0.3, -0.25) is 14.4 Å². The second-order valence-electron chi connectivity index (χ2n) is 21.3. The van der Waals surface area contributed by atoms with Crippen LogP contribution in [0.4, 0.5) is 0 Å². The van der Waals surface area contributed by atoms with E-state index in [-0.39, 0.29) is 31.1 Å². The zero-order valence-corrected chi connectivity index (χ0v) is 47.8. The van der Waals surface area contributed by atoms with Crippen molar-refractivity contribution in [2.75, 3.05) is 13.2 Å². The van der Waals surface area contributed by atoms with Crippen LogP contribution in [-0.4, -0.2) is 37.2 Å². The second-order valence-corrected chi connectivity index (χ2v) is 21.3. The monoisotopic (exact) mass is 997 g/mol. The van der Waals surface area contributed by atoms with Crippen LogP contribution >= 0.6 is 0 Å². The molecule has 0 aliphatic rings. The Hall–Kier alpha value is -2.37. The van der Waals surface area contributed by atoms with Crippen LogP contribution in [-0.2, 0) is 28.6 Å². The van der Waals surface area contributed by atoms with Crippen LogP contribution in [0.1, 0.15) is 342 Å². The number of carbonyl (C=O) groups is 3. The number of rotatable bonds is 58. The number of hydrogen-bond acceptors (Lipinski definition) is 6. The molecule has 0 aromatic rings. The fourth-order valence-corrected chi connectivity index (χ4v) is 9.35. The highest BCUT2D eigenvalue weighted by atomic mass is 16.6. The van der Waals surface area contributed by atoms with Crippen molar-refractivity contribution in [3.63, 3.8) is 0 Å². The van der Waals surface area contributed by atoms with Gasteiger partial charge in [0.05, 0.1) is 0 Å². The zero-order valence-electron chi connectivity index (χ0n) is 47.8. The molecule has 0 N–H and O–H groups in total. The molecule has 0 saturated heterocycles. The van der Waals surface area contributed by atoms with Gasteiger partial charge in [-0.2, -0.15) is 0 Å². The molecule has 1 unspecified atom stereocenters. The van der Waals surface area contributed by atoms with E-state index in [1.54, 1.807) is 0 Å². The molecule has 0 bridgehead atoms. The average molecular weight is 998 g/mol. The van der Waals surface area contributed by atoms with E-state index in [4.69, 9.17) is 14.2 Å². The Labute approximate surface area is 442 Å². The Morgan fingerprint density at radius 2 is 0.507 bits per heavy atom. The topological polar surface area (TPSA) is 78.9 Å². The summed E-state index contributed by atoms with van der Waals surface area (Å²) in [5.74, 6) is -0.862. The quantitative estimate of drug-likeness (QED) is 0.0261. The molecule has 0 amide bonds. The molecule has 6 nitrogen and oxygen atoms in total. The van der Waals surface area contributed by atoms with E-state index < -0.39 is 6.10 Å². The van der Waals surface area contributed by atoms with E-state index in [1.165, 1.54) is 231 Å². The molecule has 0 aliphatic carbocycles. The molecule has 0 rings (SSSR count). The first-order valence-corrected chi connectivity index (χ1v) is 31.5. The lowest BCUT2D eigenvalue weighted by Gasteiger charge is -2.18. The van der Waals surface area contributed by atoms with Crippen molar-refractivity contribution in [2.24, 2.45) is 0 Å². The van der Waals surface area contributed by atoms with Crippen LogP contribution in [0.5, 0.6) is 0 Å². The van der Waals surface area contributed by atoms with Crippen molar-refractivity contribution in [1.29, 1.82) is 0 Å². The largest absolute Gasteiger partial charge is 0.462 e. The molecule has 416 valence electrons. The molecule has 0 fully saturated rings. The molecule has 0 aromatic heterocycles. The van der Waals surface area contributed by atoms with Crippen molar-refractivity contribution < 1.29 is 28.6 Å². The van der Waals surface area contributed by atoms with Crippen molar-refractivity contribution in [1.82, 2.24) is 0 Å². The van der Waals surface area contributed by atoms with Gasteiger partial charge in [0.1, 0.15) is 13.2 Å². The summed E-state index contributed by atoms with van der Waals surface area (Å²) >= 11 is 0. The Kier molecular flexibility index (Phi) is 58.2. The molecule has 0 radical (unpaired) electrons. The third-order valence-corrected chi connectivity index (χ3v) is 14.1. The molecular weight excluding hydrogens is 877 g/mol. The first kappa shape index (κ1) is 68.6. The minimum absolute atomic E-state index is 0.0730. The predicted molar refractivity (Wildman–Crippen MR) is 307 cm³/mol. The smallest absolute Gasteiger partial charge is 0.306 e. The summed E-state index contributed by atoms with van der Waals surface area (Å²) in [6.45, 7) is 6.66. The maximum atomic E-state index is 12.9. The minimum atomic E-state index is -0.775. The van der Waals surface area contributed by atoms with Gasteiger partial charge in [0.25, 0.3) is 0 Å². The normalized spacial score (nSPS) is 12.2. The number of allylic oxidation sites excluding steroid dienone is 6. The van der Waals surface area contributed by atoms with E-state index in [2.05, 4.69) is 57.2 Å². The molecular formula is C65H120O6. The van der Waals surface area contributed by atoms with E-state index in [0.717, 1.165) is 70.6 Å². The fraction of sp³-hybridized carbons (Fsp3) is 0.862. The summed E-state index contributed by atoms with van der Waals surface area (Å²) in [7, 11) is 0. The van der Waals surface area contributed by atoms with E-state index in [0.29, 0.717) is 19.3 Å². The first-order chi connectivity index (χ1) is 35.0. The van der Waals surface area contributed by atoms with Crippen LogP contribution in [0, 0.1) is 0 Å². The third-order valence-electron chi connectivity index (χ3n) is 14.1. The lowest BCUT2D eigenvalue weighted by atomic mass is 10.0. The summed E-state index contributed by atoms with van der Waals surface area (Å²) in [4.78, 5) is 38.3. The Morgan fingerprint density at radius 1 is 0.282 bits per heavy atom. The first-order valence-electron chi connectivity index (χ1n) is 31.5. The third kappa shape index (κ3) is 58.4. The number of unbranched alkanes of at least 4 members (excludes halogenated alkanes) is 41. The van der Waals surface area contributed by atoms with Gasteiger partial charge in [0.2, 0.25) is 0 Å². The summed E-state index contributed by atoms with van der Waals surface area (Å²) < 4.78 is 16.9. The van der Waals surface area contributed by atoms with Crippen LogP contribution < -0.4 is 0 Å². The molecule has 0 spiro atoms. The number of hydrogen-bond donors (Lipinski definition) is 0. The fourth-order valence-electron chi connectivity index (χ4n) is 9.35. The lowest BCUT2D eigenvalue weighted by Crippen LogP contribution is -2.30. The van der Waals surface area contributed by atoms with Crippen molar-refractivity contribution >= 4 is 17.9 Å². The number of esters is 3. The summed E-state index contributed by atoms with van der Waals surface area (Å²) in [6.07, 6.45) is 72.8. The van der Waals surface area contributed by atoms with Gasteiger partial charge in [-0.15, -0.1) is 0 Å². The maximum Gasteiger partial charge on any atom is 0.306 e. The molecule has 0 saturated carbocycles. The second kappa shape index (κ2) is 60.2. The van der Waals surface area contributed by atoms with Gasteiger partial charge in [-0.25, -0.2) is 0 Å². The van der Waals surface area contributed by atoms with E-state index in [9.17, 15) is 14.4 Å². The molecule has 0 aromatic carbocycles. The summed E-state index contributed by atoms with van der Waals surface area (Å²) in [5, 5.41) is 0. The summed E-state index contributed by atoms with van der Waals surface area (Å²) in [6, 6.07) is 0. The molecule has 0 aliphatic heterocycles. The van der Waals surface area contributed by atoms with E-state index >= 15 is 0 Å². The van der Waals surface area contributed by atoms with Gasteiger partial charge >= 0.3 is 17.9 Å². The van der Waals surface area contributed by atoms with Gasteiger partial charge in [0, 0.05) is 19.3 Å².